The highest BCUT2D eigenvalue weighted by molar-refractivity contribution is 5.95. The van der Waals surface area contributed by atoms with Crippen LogP contribution in [0.2, 0.25) is 0 Å². The summed E-state index contributed by atoms with van der Waals surface area (Å²) in [4.78, 5) is 24.4. The van der Waals surface area contributed by atoms with Crippen LogP contribution in [0.25, 0.3) is 5.69 Å². The predicted molar refractivity (Wildman–Crippen MR) is 118 cm³/mol. The fraction of sp³-hybridized carbons (Fsp3) is 0.261. The second kappa shape index (κ2) is 9.26. The molecule has 3 N–H and O–H groups in total. The summed E-state index contributed by atoms with van der Waals surface area (Å²) in [5.74, 6) is -0.176. The summed E-state index contributed by atoms with van der Waals surface area (Å²) in [6.07, 6.45) is 1.59. The monoisotopic (exact) mass is 405 g/mol. The van der Waals surface area contributed by atoms with E-state index in [1.807, 2.05) is 76.2 Å². The lowest BCUT2D eigenvalue weighted by molar-refractivity contribution is 0.0950. The van der Waals surface area contributed by atoms with E-state index < -0.39 is 0 Å². The highest BCUT2D eigenvalue weighted by Crippen LogP contribution is 2.16. The Hall–Kier alpha value is -3.61. The molecule has 0 spiro atoms. The minimum absolute atomic E-state index is 0.0678. The van der Waals surface area contributed by atoms with E-state index in [2.05, 4.69) is 21.0 Å². The largest absolute Gasteiger partial charge is 0.348 e. The number of nitrogens with one attached hydrogen (secondary N) is 3. The normalized spacial score (nSPS) is 10.7. The second-order valence-electron chi connectivity index (χ2n) is 7.53. The Morgan fingerprint density at radius 3 is 2.47 bits per heavy atom. The molecule has 2 aromatic carbocycles. The summed E-state index contributed by atoms with van der Waals surface area (Å²) in [6.45, 7) is 8.09. The number of benzene rings is 2. The zero-order valence-corrected chi connectivity index (χ0v) is 17.7. The van der Waals surface area contributed by atoms with Gasteiger partial charge in [0.25, 0.3) is 5.91 Å². The lowest BCUT2D eigenvalue weighted by atomic mass is 10.2. The average molecular weight is 406 g/mol. The SMILES string of the molecule is Cc1cccc(-n2ncc(C(=O)NCc3ccc(NC(=O)NC(C)C)cc3)c2C)c1. The smallest absolute Gasteiger partial charge is 0.319 e. The van der Waals surface area contributed by atoms with Gasteiger partial charge in [-0.1, -0.05) is 24.3 Å². The van der Waals surface area contributed by atoms with E-state index in [1.54, 1.807) is 10.9 Å². The molecule has 0 aliphatic rings. The van der Waals surface area contributed by atoms with E-state index in [1.165, 1.54) is 0 Å². The molecular formula is C23H27N5O2. The Labute approximate surface area is 176 Å². The number of amides is 3. The van der Waals surface area contributed by atoms with Gasteiger partial charge in [0.05, 0.1) is 23.1 Å². The van der Waals surface area contributed by atoms with Gasteiger partial charge in [-0.3, -0.25) is 4.79 Å². The zero-order valence-electron chi connectivity index (χ0n) is 17.7. The number of nitrogens with zero attached hydrogens (tertiary/aromatic N) is 2. The summed E-state index contributed by atoms with van der Waals surface area (Å²) in [6, 6.07) is 15.2. The van der Waals surface area contributed by atoms with Gasteiger partial charge >= 0.3 is 6.03 Å². The Kier molecular flexibility index (Phi) is 6.51. The minimum atomic E-state index is -0.243. The number of carbonyl (C=O) groups is 2. The fourth-order valence-electron chi connectivity index (χ4n) is 3.07. The standard InChI is InChI=1S/C23H27N5O2/c1-15(2)26-23(30)27-19-10-8-18(9-11-19)13-24-22(29)21-14-25-28(17(21)4)20-7-5-6-16(3)12-20/h5-12,14-15H,13H2,1-4H3,(H,24,29)(H2,26,27,30). The van der Waals surface area contributed by atoms with Gasteiger partial charge < -0.3 is 16.0 Å². The van der Waals surface area contributed by atoms with E-state index in [0.29, 0.717) is 17.8 Å². The maximum Gasteiger partial charge on any atom is 0.319 e. The molecule has 0 unspecified atom stereocenters. The van der Waals surface area contributed by atoms with Crippen LogP contribution < -0.4 is 16.0 Å². The number of carbonyl (C=O) groups excluding carboxylic acids is 2. The first-order chi connectivity index (χ1) is 14.3. The van der Waals surface area contributed by atoms with Gasteiger partial charge in [-0.15, -0.1) is 0 Å². The van der Waals surface area contributed by atoms with Crippen molar-refractivity contribution in [3.8, 4) is 5.69 Å². The number of anilines is 1. The highest BCUT2D eigenvalue weighted by Gasteiger charge is 2.15. The van der Waals surface area contributed by atoms with Crippen LogP contribution >= 0.6 is 0 Å². The van der Waals surface area contributed by atoms with E-state index in [0.717, 1.165) is 22.5 Å². The van der Waals surface area contributed by atoms with Crippen molar-refractivity contribution in [2.24, 2.45) is 0 Å². The van der Waals surface area contributed by atoms with Crippen LogP contribution in [0, 0.1) is 13.8 Å². The molecule has 0 aliphatic heterocycles. The van der Waals surface area contributed by atoms with Gasteiger partial charge in [0.1, 0.15) is 0 Å². The molecule has 0 atom stereocenters. The van der Waals surface area contributed by atoms with E-state index in [-0.39, 0.29) is 18.0 Å². The highest BCUT2D eigenvalue weighted by atomic mass is 16.2. The van der Waals surface area contributed by atoms with Crippen molar-refractivity contribution in [3.63, 3.8) is 0 Å². The van der Waals surface area contributed by atoms with Crippen LogP contribution in [0.1, 0.15) is 41.0 Å². The van der Waals surface area contributed by atoms with Crippen LogP contribution in [-0.2, 0) is 6.54 Å². The first kappa shape index (κ1) is 21.1. The summed E-state index contributed by atoms with van der Waals surface area (Å²) >= 11 is 0. The average Bonchev–Trinajstić information content (AvgIpc) is 3.08. The molecule has 0 saturated carbocycles. The summed E-state index contributed by atoms with van der Waals surface area (Å²) in [7, 11) is 0. The van der Waals surface area contributed by atoms with Gasteiger partial charge in [0.2, 0.25) is 0 Å². The van der Waals surface area contributed by atoms with E-state index in [9.17, 15) is 9.59 Å². The number of hydrogen-bond acceptors (Lipinski definition) is 3. The first-order valence-corrected chi connectivity index (χ1v) is 9.90. The topological polar surface area (TPSA) is 88.1 Å². The predicted octanol–water partition coefficient (Wildman–Crippen LogP) is 3.95. The quantitative estimate of drug-likeness (QED) is 0.580. The van der Waals surface area contributed by atoms with Crippen LogP contribution in [0.5, 0.6) is 0 Å². The van der Waals surface area contributed by atoms with Crippen LogP contribution in [0.3, 0.4) is 0 Å². The van der Waals surface area contributed by atoms with Gasteiger partial charge in [0.15, 0.2) is 0 Å². The lowest BCUT2D eigenvalue weighted by Gasteiger charge is -2.11. The third kappa shape index (κ3) is 5.26. The Balaban J connectivity index is 1.60. The first-order valence-electron chi connectivity index (χ1n) is 9.90. The molecule has 0 aliphatic carbocycles. The van der Waals surface area contributed by atoms with E-state index in [4.69, 9.17) is 0 Å². The Morgan fingerprint density at radius 1 is 1.07 bits per heavy atom. The van der Waals surface area contributed by atoms with Gasteiger partial charge in [-0.05, 0) is 63.1 Å². The Morgan fingerprint density at radius 2 is 1.80 bits per heavy atom. The molecule has 7 nitrogen and oxygen atoms in total. The van der Waals surface area contributed by atoms with Gasteiger partial charge in [0, 0.05) is 18.3 Å². The van der Waals surface area contributed by atoms with Crippen molar-refractivity contribution in [1.82, 2.24) is 20.4 Å². The molecule has 0 saturated heterocycles. The van der Waals surface area contributed by atoms with Crippen molar-refractivity contribution in [2.75, 3.05) is 5.32 Å². The lowest BCUT2D eigenvalue weighted by Crippen LogP contribution is -2.34. The van der Waals surface area contributed by atoms with Crippen LogP contribution in [0.4, 0.5) is 10.5 Å². The molecule has 1 aromatic heterocycles. The molecule has 1 heterocycles. The number of aryl methyl sites for hydroxylation is 1. The van der Waals surface area contributed by atoms with Crippen molar-refractivity contribution < 1.29 is 9.59 Å². The molecule has 0 fully saturated rings. The molecule has 3 aromatic rings. The number of hydrogen-bond donors (Lipinski definition) is 3. The van der Waals surface area contributed by atoms with Gasteiger partial charge in [-0.25, -0.2) is 9.48 Å². The van der Waals surface area contributed by atoms with Crippen LogP contribution in [-0.4, -0.2) is 27.8 Å². The van der Waals surface area contributed by atoms with Gasteiger partial charge in [-0.2, -0.15) is 5.10 Å². The van der Waals surface area contributed by atoms with E-state index >= 15 is 0 Å². The van der Waals surface area contributed by atoms with Crippen molar-refractivity contribution in [2.45, 2.75) is 40.3 Å². The Bertz CT molecular complexity index is 1040. The molecule has 3 rings (SSSR count). The molecular weight excluding hydrogens is 378 g/mol. The third-order valence-electron chi connectivity index (χ3n) is 4.59. The second-order valence-corrected chi connectivity index (χ2v) is 7.53. The number of urea groups is 1. The molecule has 0 bridgehead atoms. The fourth-order valence-corrected chi connectivity index (χ4v) is 3.07. The maximum absolute atomic E-state index is 12.6. The summed E-state index contributed by atoms with van der Waals surface area (Å²) in [5, 5.41) is 12.8. The van der Waals surface area contributed by atoms with Crippen molar-refractivity contribution >= 4 is 17.6 Å². The molecule has 0 radical (unpaired) electrons. The third-order valence-corrected chi connectivity index (χ3v) is 4.59. The molecule has 7 heteroatoms. The summed E-state index contributed by atoms with van der Waals surface area (Å²) < 4.78 is 1.77. The maximum atomic E-state index is 12.6. The minimum Gasteiger partial charge on any atom is -0.348 e. The van der Waals surface area contributed by atoms with Crippen molar-refractivity contribution in [1.29, 1.82) is 0 Å². The van der Waals surface area contributed by atoms with Crippen molar-refractivity contribution in [3.05, 3.63) is 77.1 Å². The van der Waals surface area contributed by atoms with Crippen LogP contribution in [0.15, 0.2) is 54.7 Å². The summed E-state index contributed by atoms with van der Waals surface area (Å²) in [5.41, 5.74) is 5.01. The molecule has 3 amide bonds. The number of aromatic nitrogens is 2. The number of rotatable bonds is 6. The molecule has 156 valence electrons. The molecule has 30 heavy (non-hydrogen) atoms. The zero-order chi connectivity index (χ0) is 21.7.